The third kappa shape index (κ3) is 12.0. The molecule has 46 heavy (non-hydrogen) atoms. The summed E-state index contributed by atoms with van der Waals surface area (Å²) >= 11 is 0. The van der Waals surface area contributed by atoms with Gasteiger partial charge in [0.05, 0.1) is 11.6 Å². The van der Waals surface area contributed by atoms with E-state index in [0.29, 0.717) is 62.9 Å². The van der Waals surface area contributed by atoms with Crippen molar-refractivity contribution in [3.8, 4) is 0 Å². The minimum atomic E-state index is -4.74. The van der Waals surface area contributed by atoms with Gasteiger partial charge in [0, 0.05) is 55.7 Å². The molecule has 1 saturated carbocycles. The Morgan fingerprint density at radius 3 is 2.15 bits per heavy atom. The summed E-state index contributed by atoms with van der Waals surface area (Å²) < 4.78 is 41.8. The molecule has 1 aromatic carbocycles. The Morgan fingerprint density at radius 2 is 1.63 bits per heavy atom. The van der Waals surface area contributed by atoms with Crippen LogP contribution in [0.1, 0.15) is 78.1 Å². The molecular weight excluding hydrogens is 595 g/mol. The molecule has 2 aliphatic rings. The van der Waals surface area contributed by atoms with Gasteiger partial charge in [-0.15, -0.1) is 5.73 Å². The molecular formula is C34H52F3N7O2. The number of amidine groups is 1. The first-order valence-electron chi connectivity index (χ1n) is 16.0. The van der Waals surface area contributed by atoms with Crippen LogP contribution in [0.5, 0.6) is 0 Å². The molecule has 2 unspecified atom stereocenters. The predicted molar refractivity (Wildman–Crippen MR) is 182 cm³/mol. The molecule has 1 aromatic rings. The van der Waals surface area contributed by atoms with Crippen molar-refractivity contribution in [1.29, 1.82) is 0 Å². The lowest BCUT2D eigenvalue weighted by molar-refractivity contribution is -0.125. The second-order valence-corrected chi connectivity index (χ2v) is 10.6. The predicted octanol–water partition coefficient (Wildman–Crippen LogP) is 6.38. The maximum atomic E-state index is 13.9. The van der Waals surface area contributed by atoms with Gasteiger partial charge in [0.1, 0.15) is 18.1 Å². The van der Waals surface area contributed by atoms with Gasteiger partial charge in [-0.3, -0.25) is 14.6 Å². The molecule has 1 aliphatic carbocycles. The number of carbonyl (C=O) groups is 2. The Bertz CT molecular complexity index is 1230. The lowest BCUT2D eigenvalue weighted by Crippen LogP contribution is -2.47. The van der Waals surface area contributed by atoms with E-state index in [2.05, 4.69) is 49.9 Å². The number of nitrogens with one attached hydrogen (secondary N) is 3. The minimum absolute atomic E-state index is 0.0809. The molecule has 0 radical (unpaired) electrons. The first-order valence-corrected chi connectivity index (χ1v) is 16.0. The van der Waals surface area contributed by atoms with Crippen LogP contribution in [0.25, 0.3) is 0 Å². The van der Waals surface area contributed by atoms with Gasteiger partial charge in [-0.05, 0) is 64.6 Å². The third-order valence-corrected chi connectivity index (χ3v) is 7.34. The maximum Gasteiger partial charge on any atom is 0.421 e. The first kappa shape index (κ1) is 40.0. The zero-order valence-corrected chi connectivity index (χ0v) is 28.4. The van der Waals surface area contributed by atoms with Crippen LogP contribution in [0.4, 0.5) is 18.9 Å². The quantitative estimate of drug-likeness (QED) is 0.155. The average Bonchev–Trinajstić information content (AvgIpc) is 3.52. The molecule has 1 heterocycles. The van der Waals surface area contributed by atoms with Gasteiger partial charge in [0.15, 0.2) is 0 Å². The van der Waals surface area contributed by atoms with Gasteiger partial charge in [0.2, 0.25) is 5.91 Å². The smallest absolute Gasteiger partial charge is 0.366 e. The third-order valence-electron chi connectivity index (χ3n) is 7.34. The summed E-state index contributed by atoms with van der Waals surface area (Å²) in [4.78, 5) is 37.1. The van der Waals surface area contributed by atoms with Gasteiger partial charge >= 0.3 is 6.18 Å². The van der Waals surface area contributed by atoms with Gasteiger partial charge < -0.3 is 25.8 Å². The number of carbonyl (C=O) groups excluding carboxylic acids is 2. The second-order valence-electron chi connectivity index (χ2n) is 10.6. The number of benzene rings is 1. The number of hydrogen-bond acceptors (Lipinski definition) is 6. The van der Waals surface area contributed by atoms with Crippen LogP contribution in [-0.4, -0.2) is 85.3 Å². The second kappa shape index (κ2) is 20.2. The van der Waals surface area contributed by atoms with Crippen LogP contribution >= 0.6 is 0 Å². The Balaban J connectivity index is 0.00000254. The molecule has 1 aliphatic heterocycles. The highest BCUT2D eigenvalue weighted by Gasteiger charge is 2.40. The number of amides is 2. The highest BCUT2D eigenvalue weighted by atomic mass is 19.4. The van der Waals surface area contributed by atoms with Crippen molar-refractivity contribution < 1.29 is 22.8 Å². The minimum Gasteiger partial charge on any atom is -0.366 e. The van der Waals surface area contributed by atoms with E-state index in [1.54, 1.807) is 29.2 Å². The fourth-order valence-corrected chi connectivity index (χ4v) is 5.06. The molecule has 3 N–H and O–H groups in total. The Morgan fingerprint density at radius 1 is 1.04 bits per heavy atom. The number of anilines is 1. The number of allylic oxidation sites excluding steroid dienone is 1. The molecule has 2 atom stereocenters. The van der Waals surface area contributed by atoms with E-state index in [-0.39, 0.29) is 24.5 Å². The molecule has 12 heteroatoms. The number of hydrogen-bond donors (Lipinski definition) is 3. The summed E-state index contributed by atoms with van der Waals surface area (Å²) in [7, 11) is 0. The van der Waals surface area contributed by atoms with Crippen molar-refractivity contribution in [2.24, 2.45) is 15.9 Å². The lowest BCUT2D eigenvalue weighted by atomic mass is 10.0. The summed E-state index contributed by atoms with van der Waals surface area (Å²) in [5.74, 6) is -1.18. The summed E-state index contributed by atoms with van der Waals surface area (Å²) in [5.41, 5.74) is 3.86. The zero-order chi connectivity index (χ0) is 34.9. The summed E-state index contributed by atoms with van der Waals surface area (Å²) in [6.45, 7) is 22.8. The highest BCUT2D eigenvalue weighted by molar-refractivity contribution is 6.00. The van der Waals surface area contributed by atoms with Crippen molar-refractivity contribution >= 4 is 30.1 Å². The summed E-state index contributed by atoms with van der Waals surface area (Å²) in [6.07, 6.45) is -2.31. The molecule has 0 aromatic heterocycles. The molecule has 0 bridgehead atoms. The number of aliphatic imine (C=N–C) groups is 2. The molecule has 2 fully saturated rings. The standard InChI is InChI=1S/C30H40F3N7O2.2C2H6/c1-6-21(4)39-14-16-40(17-15-39)29(42)22-10-12-23(13-11-22)35-19-36-27(25(18-34-5)30(31,32)33)38-26-9-7-8-24(26)28(41)37-20(2)3;2*1-2/h10-13,18,20,24,26,35H,1,5,7-9,14-17,19H2,2-4H3,(H,36,38)(H,37,41);2*1-2H3/b25-18+;;. The van der Waals surface area contributed by atoms with E-state index in [0.717, 1.165) is 5.70 Å². The Hall–Kier alpha value is -4.05. The van der Waals surface area contributed by atoms with E-state index in [9.17, 15) is 22.8 Å². The van der Waals surface area contributed by atoms with Crippen LogP contribution in [0.2, 0.25) is 0 Å². The van der Waals surface area contributed by atoms with Crippen LogP contribution in [-0.2, 0) is 4.79 Å². The molecule has 256 valence electrons. The van der Waals surface area contributed by atoms with Crippen molar-refractivity contribution in [2.45, 2.75) is 86.0 Å². The number of rotatable bonds is 10. The maximum absolute atomic E-state index is 13.9. The van der Waals surface area contributed by atoms with E-state index >= 15 is 0 Å². The SMILES string of the molecule is C=C=C(C)N1CCN(C(=O)c2ccc(NC/N=C(NC3CCCC3C(=O)NC(C)C)\C(=C/N=C)C(F)(F)F)cc2)CC1.CC.CC. The molecule has 9 nitrogen and oxygen atoms in total. The lowest BCUT2D eigenvalue weighted by Gasteiger charge is -2.35. The zero-order valence-electron chi connectivity index (χ0n) is 28.4. The Kier molecular flexibility index (Phi) is 17.5. The monoisotopic (exact) mass is 647 g/mol. The Labute approximate surface area is 272 Å². The van der Waals surface area contributed by atoms with Crippen LogP contribution < -0.4 is 16.0 Å². The number of piperazine rings is 1. The molecule has 1 saturated heterocycles. The van der Waals surface area contributed by atoms with E-state index < -0.39 is 29.5 Å². The number of halogens is 3. The van der Waals surface area contributed by atoms with Crippen LogP contribution in [0.3, 0.4) is 0 Å². The molecule has 3 rings (SSSR count). The van der Waals surface area contributed by atoms with Gasteiger partial charge in [-0.2, -0.15) is 13.2 Å². The van der Waals surface area contributed by atoms with Crippen molar-refractivity contribution in [1.82, 2.24) is 20.4 Å². The van der Waals surface area contributed by atoms with E-state index in [4.69, 9.17) is 0 Å². The van der Waals surface area contributed by atoms with E-state index in [1.807, 2.05) is 48.5 Å². The van der Waals surface area contributed by atoms with Crippen LogP contribution in [0.15, 0.2) is 64.0 Å². The fourth-order valence-electron chi connectivity index (χ4n) is 5.06. The summed E-state index contributed by atoms with van der Waals surface area (Å²) in [6, 6.07) is 6.13. The van der Waals surface area contributed by atoms with Crippen LogP contribution in [0, 0.1) is 5.92 Å². The fraction of sp³-hybridized carbons (Fsp3) is 0.559. The largest absolute Gasteiger partial charge is 0.421 e. The topological polar surface area (TPSA) is 101 Å². The molecule has 0 spiro atoms. The summed E-state index contributed by atoms with van der Waals surface area (Å²) in [5, 5.41) is 8.71. The number of alkyl halides is 3. The average molecular weight is 648 g/mol. The highest BCUT2D eigenvalue weighted by Crippen LogP contribution is 2.30. The van der Waals surface area contributed by atoms with Crippen molar-refractivity contribution in [2.75, 3.05) is 38.2 Å². The van der Waals surface area contributed by atoms with E-state index in [1.165, 1.54) is 0 Å². The normalized spacial score (nSPS) is 18.3. The van der Waals surface area contributed by atoms with Gasteiger partial charge in [-0.1, -0.05) is 40.7 Å². The van der Waals surface area contributed by atoms with Gasteiger partial charge in [0.25, 0.3) is 5.91 Å². The van der Waals surface area contributed by atoms with Crippen molar-refractivity contribution in [3.63, 3.8) is 0 Å². The molecule has 2 amide bonds. The van der Waals surface area contributed by atoms with Crippen molar-refractivity contribution in [3.05, 3.63) is 59.6 Å². The first-order chi connectivity index (χ1) is 21.9. The van der Waals surface area contributed by atoms with Gasteiger partial charge in [-0.25, -0.2) is 4.99 Å². The number of nitrogens with zero attached hydrogens (tertiary/aromatic N) is 4.